The van der Waals surface area contributed by atoms with Crippen molar-refractivity contribution in [1.29, 1.82) is 0 Å². The fraction of sp³-hybridized carbons (Fsp3) is 0.0545. The van der Waals surface area contributed by atoms with E-state index in [1.54, 1.807) is 11.3 Å². The largest absolute Gasteiger partial charge is 0.454 e. The second kappa shape index (κ2) is 12.3. The van der Waals surface area contributed by atoms with Crippen LogP contribution in [0.1, 0.15) is 30.4 Å². The Kier molecular flexibility index (Phi) is 6.69. The van der Waals surface area contributed by atoms with Crippen LogP contribution < -0.4 is 0 Å². The molecule has 0 amide bonds. The van der Waals surface area contributed by atoms with Crippen molar-refractivity contribution >= 4 is 114 Å². The number of hydrogen-bond acceptors (Lipinski definition) is 4. The molecule has 8 aromatic carbocycles. The van der Waals surface area contributed by atoms with Gasteiger partial charge in [0.2, 0.25) is 5.95 Å². The van der Waals surface area contributed by atoms with E-state index in [0.29, 0.717) is 5.95 Å². The number of para-hydroxylation sites is 3. The predicted octanol–water partition coefficient (Wildman–Crippen LogP) is 15.3. The number of allylic oxidation sites excluding steroid dienone is 1. The van der Waals surface area contributed by atoms with E-state index in [-0.39, 0.29) is 5.92 Å². The zero-order valence-corrected chi connectivity index (χ0v) is 33.9. The van der Waals surface area contributed by atoms with Gasteiger partial charge in [0.15, 0.2) is 5.58 Å². The number of thiophene rings is 1. The number of furan rings is 1. The molecule has 1 unspecified atom stereocenters. The Morgan fingerprint density at radius 2 is 1.30 bits per heavy atom. The van der Waals surface area contributed by atoms with Crippen LogP contribution in [0.2, 0.25) is 0 Å². The minimum absolute atomic E-state index is 0.289. The highest BCUT2D eigenvalue weighted by atomic mass is 32.1. The van der Waals surface area contributed by atoms with Crippen molar-refractivity contribution in [2.45, 2.75) is 19.3 Å². The molecule has 5 nitrogen and oxygen atoms in total. The third-order valence-electron chi connectivity index (χ3n) is 13.1. The molecule has 0 aliphatic heterocycles. The molecule has 5 heterocycles. The lowest BCUT2D eigenvalue weighted by molar-refractivity contribution is 0.671. The molecule has 0 N–H and O–H groups in total. The first-order valence-corrected chi connectivity index (χ1v) is 21.8. The van der Waals surface area contributed by atoms with Gasteiger partial charge in [-0.1, -0.05) is 140 Å². The molecule has 1 aliphatic carbocycles. The minimum Gasteiger partial charge on any atom is -0.454 e. The number of nitrogens with zero attached hydrogens (tertiary/aromatic N) is 4. The summed E-state index contributed by atoms with van der Waals surface area (Å²) in [5.41, 5.74) is 12.8. The first-order valence-electron chi connectivity index (χ1n) is 21.0. The van der Waals surface area contributed by atoms with Crippen LogP contribution in [0.3, 0.4) is 0 Å². The van der Waals surface area contributed by atoms with Crippen LogP contribution in [0.25, 0.3) is 126 Å². The van der Waals surface area contributed by atoms with Gasteiger partial charge in [-0.15, -0.1) is 11.3 Å². The summed E-state index contributed by atoms with van der Waals surface area (Å²) in [4.78, 5) is 11.4. The lowest BCUT2D eigenvalue weighted by Gasteiger charge is -2.20. The maximum absolute atomic E-state index is 7.04. The lowest BCUT2D eigenvalue weighted by atomic mass is 9.86. The van der Waals surface area contributed by atoms with Gasteiger partial charge in [0.25, 0.3) is 0 Å². The van der Waals surface area contributed by atoms with Crippen LogP contribution in [0.15, 0.2) is 168 Å². The fourth-order valence-electron chi connectivity index (χ4n) is 10.5. The average Bonchev–Trinajstić information content (AvgIpc) is 4.07. The van der Waals surface area contributed by atoms with Crippen LogP contribution in [-0.2, 0) is 0 Å². The SMILES string of the molecule is CC1CC=Cc2ccc3c4c5ccccc5c5c6ccccc6oc5c4n(-c4nc(-c5ccc6c7ccccc7n(-c7ccccc7)c6c5)c5sc6ccccc6c5n4)c3c21. The van der Waals surface area contributed by atoms with Crippen LogP contribution in [-0.4, -0.2) is 19.1 Å². The number of rotatable bonds is 3. The van der Waals surface area contributed by atoms with Crippen LogP contribution in [0.5, 0.6) is 0 Å². The van der Waals surface area contributed by atoms with E-state index in [2.05, 4.69) is 186 Å². The van der Waals surface area contributed by atoms with Crippen LogP contribution >= 0.6 is 11.3 Å². The smallest absolute Gasteiger partial charge is 0.236 e. The summed E-state index contributed by atoms with van der Waals surface area (Å²) in [7, 11) is 0. The van der Waals surface area contributed by atoms with Crippen molar-refractivity contribution in [2.75, 3.05) is 0 Å². The van der Waals surface area contributed by atoms with Crippen molar-refractivity contribution in [2.24, 2.45) is 0 Å². The van der Waals surface area contributed by atoms with Gasteiger partial charge in [0.1, 0.15) is 11.1 Å². The van der Waals surface area contributed by atoms with E-state index in [4.69, 9.17) is 14.4 Å². The van der Waals surface area contributed by atoms with E-state index in [0.717, 1.165) is 82.8 Å². The summed E-state index contributed by atoms with van der Waals surface area (Å²) in [6, 6.07) is 56.8. The molecule has 6 heteroatoms. The van der Waals surface area contributed by atoms with E-state index in [9.17, 15) is 0 Å². The van der Waals surface area contributed by atoms with E-state index >= 15 is 0 Å². The molecule has 13 aromatic rings. The van der Waals surface area contributed by atoms with Crippen molar-refractivity contribution in [1.82, 2.24) is 19.1 Å². The lowest BCUT2D eigenvalue weighted by Crippen LogP contribution is -2.07. The fourth-order valence-corrected chi connectivity index (χ4v) is 11.7. The summed E-state index contributed by atoms with van der Waals surface area (Å²) in [5.74, 6) is 0.929. The molecule has 5 aromatic heterocycles. The molecule has 61 heavy (non-hydrogen) atoms. The maximum atomic E-state index is 7.04. The molecule has 286 valence electrons. The monoisotopic (exact) mass is 798 g/mol. The van der Waals surface area contributed by atoms with Gasteiger partial charge in [-0.2, -0.15) is 0 Å². The van der Waals surface area contributed by atoms with E-state index in [1.165, 1.54) is 48.3 Å². The third-order valence-corrected chi connectivity index (χ3v) is 14.3. The first kappa shape index (κ1) is 33.3. The highest BCUT2D eigenvalue weighted by molar-refractivity contribution is 7.26. The van der Waals surface area contributed by atoms with Gasteiger partial charge in [-0.05, 0) is 70.6 Å². The quantitative estimate of drug-likeness (QED) is 0.179. The van der Waals surface area contributed by atoms with Crippen molar-refractivity contribution in [3.8, 4) is 22.9 Å². The minimum atomic E-state index is 0.289. The van der Waals surface area contributed by atoms with Gasteiger partial charge >= 0.3 is 0 Å². The molecule has 1 aliphatic rings. The standard InChI is InChI=1S/C55H34N4OS/c1-31-14-13-15-32-26-29-41-47-37-19-5-6-20-38(37)48-39-21-8-11-24-44(39)60-53(48)52(47)59(51(41)46(31)32)55-56-49(54-50(57-55)40-22-9-12-25-45(40)61-54)33-27-28-36-35-18-7-10-23-42(35)58(43(36)30-33)34-16-3-2-4-17-34/h2-13,15-31H,14H2,1H3. The average molecular weight is 799 g/mol. The number of hydrogen-bond donors (Lipinski definition) is 0. The number of aromatic nitrogens is 4. The zero-order chi connectivity index (χ0) is 39.9. The second-order valence-electron chi connectivity index (χ2n) is 16.5. The summed E-state index contributed by atoms with van der Waals surface area (Å²) in [6.45, 7) is 2.35. The highest BCUT2D eigenvalue weighted by Crippen LogP contribution is 2.49. The molecule has 0 spiro atoms. The Bertz CT molecular complexity index is 4050. The van der Waals surface area contributed by atoms with Crippen molar-refractivity contribution in [3.05, 3.63) is 175 Å². The Balaban J connectivity index is 1.18. The van der Waals surface area contributed by atoms with Gasteiger partial charge in [0.05, 0.1) is 32.5 Å². The molecular weight excluding hydrogens is 765 g/mol. The van der Waals surface area contributed by atoms with Crippen molar-refractivity contribution < 1.29 is 4.42 Å². The Labute approximate surface area is 353 Å². The maximum Gasteiger partial charge on any atom is 0.236 e. The Hall–Kier alpha value is -7.54. The van der Waals surface area contributed by atoms with Crippen LogP contribution in [0.4, 0.5) is 0 Å². The van der Waals surface area contributed by atoms with Crippen molar-refractivity contribution in [3.63, 3.8) is 0 Å². The Morgan fingerprint density at radius 1 is 0.590 bits per heavy atom. The van der Waals surface area contributed by atoms with E-state index in [1.807, 2.05) is 0 Å². The number of benzene rings is 8. The third kappa shape index (κ3) is 4.49. The summed E-state index contributed by atoms with van der Waals surface area (Å²) >= 11 is 1.77. The first-order chi connectivity index (χ1) is 30.2. The number of fused-ring (bicyclic) bond motifs is 18. The normalized spacial score (nSPS) is 14.3. The molecule has 0 bridgehead atoms. The molecule has 0 saturated heterocycles. The summed E-state index contributed by atoms with van der Waals surface area (Å²) in [5, 5.41) is 10.5. The van der Waals surface area contributed by atoms with Gasteiger partial charge in [-0.3, -0.25) is 4.57 Å². The molecule has 1 atom stereocenters. The molecule has 0 radical (unpaired) electrons. The molecule has 0 saturated carbocycles. The van der Waals surface area contributed by atoms with E-state index < -0.39 is 0 Å². The highest BCUT2D eigenvalue weighted by Gasteiger charge is 2.29. The summed E-state index contributed by atoms with van der Waals surface area (Å²) in [6.07, 6.45) is 5.56. The zero-order valence-electron chi connectivity index (χ0n) is 33.1. The topological polar surface area (TPSA) is 48.8 Å². The Morgan fingerprint density at radius 3 is 2.16 bits per heavy atom. The summed E-state index contributed by atoms with van der Waals surface area (Å²) < 4.78 is 14.0. The van der Waals surface area contributed by atoms with Crippen LogP contribution in [0, 0.1) is 0 Å². The van der Waals surface area contributed by atoms with Gasteiger partial charge in [-0.25, -0.2) is 9.97 Å². The molecule has 14 rings (SSSR count). The molecular formula is C55H34N4OS. The van der Waals surface area contributed by atoms with Gasteiger partial charge in [0, 0.05) is 53.7 Å². The van der Waals surface area contributed by atoms with Gasteiger partial charge < -0.3 is 8.98 Å². The second-order valence-corrected chi connectivity index (χ2v) is 17.5. The molecule has 0 fully saturated rings. The predicted molar refractivity (Wildman–Crippen MR) is 256 cm³/mol.